The summed E-state index contributed by atoms with van der Waals surface area (Å²) in [4.78, 5) is 29.6. The van der Waals surface area contributed by atoms with Gasteiger partial charge in [-0.2, -0.15) is 0 Å². The molecule has 0 spiro atoms. The third-order valence-electron chi connectivity index (χ3n) is 4.12. The Morgan fingerprint density at radius 1 is 1.08 bits per heavy atom. The summed E-state index contributed by atoms with van der Waals surface area (Å²) in [6.07, 6.45) is 1.52. The van der Waals surface area contributed by atoms with E-state index >= 15 is 0 Å². The fourth-order valence-electron chi connectivity index (χ4n) is 2.82. The van der Waals surface area contributed by atoms with E-state index in [4.69, 9.17) is 11.6 Å². The molecule has 1 amide bonds. The first-order valence-electron chi connectivity index (χ1n) is 8.06. The SMILES string of the molecule is O=C(NCc1cccc(Cl)c1)c1ccc2nc3ccccc3c(=O)n2c1. The molecule has 1 N–H and O–H groups in total. The van der Waals surface area contributed by atoms with Crippen LogP contribution < -0.4 is 10.9 Å². The summed E-state index contributed by atoms with van der Waals surface area (Å²) in [5.74, 6) is -0.271. The summed E-state index contributed by atoms with van der Waals surface area (Å²) in [7, 11) is 0. The summed E-state index contributed by atoms with van der Waals surface area (Å²) in [5.41, 5.74) is 2.22. The number of carbonyl (C=O) groups is 1. The Kier molecular flexibility index (Phi) is 4.14. The van der Waals surface area contributed by atoms with Crippen LogP contribution in [0.15, 0.2) is 71.7 Å². The van der Waals surface area contributed by atoms with E-state index in [-0.39, 0.29) is 11.5 Å². The summed E-state index contributed by atoms with van der Waals surface area (Å²) < 4.78 is 1.40. The first-order valence-corrected chi connectivity index (χ1v) is 8.43. The Morgan fingerprint density at radius 2 is 1.92 bits per heavy atom. The van der Waals surface area contributed by atoms with Crippen molar-refractivity contribution < 1.29 is 4.79 Å². The van der Waals surface area contributed by atoms with Crippen LogP contribution in [0, 0.1) is 0 Å². The predicted molar refractivity (Wildman–Crippen MR) is 102 cm³/mol. The van der Waals surface area contributed by atoms with Crippen LogP contribution in [0.2, 0.25) is 5.02 Å². The van der Waals surface area contributed by atoms with Gasteiger partial charge in [-0.05, 0) is 42.0 Å². The molecule has 4 rings (SSSR count). The van der Waals surface area contributed by atoms with Gasteiger partial charge in [0.05, 0.1) is 16.5 Å². The lowest BCUT2D eigenvalue weighted by molar-refractivity contribution is 0.0950. The van der Waals surface area contributed by atoms with Gasteiger partial charge in [0.1, 0.15) is 5.65 Å². The van der Waals surface area contributed by atoms with Crippen molar-refractivity contribution in [1.29, 1.82) is 0 Å². The highest BCUT2D eigenvalue weighted by molar-refractivity contribution is 6.30. The Morgan fingerprint density at radius 3 is 2.77 bits per heavy atom. The minimum absolute atomic E-state index is 0.199. The molecule has 26 heavy (non-hydrogen) atoms. The van der Waals surface area contributed by atoms with Crippen LogP contribution in [0.5, 0.6) is 0 Å². The average molecular weight is 364 g/mol. The smallest absolute Gasteiger partial charge is 0.265 e. The van der Waals surface area contributed by atoms with Crippen molar-refractivity contribution in [1.82, 2.24) is 14.7 Å². The Hall–Kier alpha value is -3.18. The third kappa shape index (κ3) is 3.05. The fourth-order valence-corrected chi connectivity index (χ4v) is 3.03. The number of rotatable bonds is 3. The number of benzene rings is 2. The van der Waals surface area contributed by atoms with Crippen LogP contribution in [-0.2, 0) is 6.54 Å². The minimum atomic E-state index is -0.271. The maximum atomic E-state index is 12.7. The van der Waals surface area contributed by atoms with Crippen molar-refractivity contribution in [2.75, 3.05) is 0 Å². The average Bonchev–Trinajstić information content (AvgIpc) is 2.66. The standard InChI is InChI=1S/C20H14ClN3O2/c21-15-5-3-4-13(10-15)11-22-19(25)14-8-9-18-23-17-7-2-1-6-16(17)20(26)24(18)12-14/h1-10,12H,11H2,(H,22,25). The molecular formula is C20H14ClN3O2. The summed E-state index contributed by atoms with van der Waals surface area (Å²) >= 11 is 5.95. The van der Waals surface area contributed by atoms with Crippen LogP contribution in [0.1, 0.15) is 15.9 Å². The van der Waals surface area contributed by atoms with Gasteiger partial charge in [0.25, 0.3) is 11.5 Å². The summed E-state index contributed by atoms with van der Waals surface area (Å²) in [6, 6.07) is 17.8. The largest absolute Gasteiger partial charge is 0.348 e. The molecule has 0 unspecified atom stereocenters. The van der Waals surface area contributed by atoms with E-state index in [2.05, 4.69) is 10.3 Å². The van der Waals surface area contributed by atoms with Gasteiger partial charge >= 0.3 is 0 Å². The summed E-state index contributed by atoms with van der Waals surface area (Å²) in [5, 5.41) is 3.96. The molecule has 0 aliphatic heterocycles. The Bertz CT molecular complexity index is 1200. The van der Waals surface area contributed by atoms with Gasteiger partial charge in [0.2, 0.25) is 0 Å². The highest BCUT2D eigenvalue weighted by Crippen LogP contribution is 2.12. The Balaban J connectivity index is 1.66. The van der Waals surface area contributed by atoms with Gasteiger partial charge in [0.15, 0.2) is 0 Å². The molecule has 6 heteroatoms. The molecule has 0 saturated heterocycles. The Labute approximate surface area is 153 Å². The molecule has 0 aliphatic carbocycles. The first kappa shape index (κ1) is 16.3. The third-order valence-corrected chi connectivity index (χ3v) is 4.35. The van der Waals surface area contributed by atoms with Crippen molar-refractivity contribution >= 4 is 34.1 Å². The van der Waals surface area contributed by atoms with Crippen LogP contribution in [0.3, 0.4) is 0 Å². The number of fused-ring (bicyclic) bond motifs is 2. The van der Waals surface area contributed by atoms with E-state index in [9.17, 15) is 9.59 Å². The minimum Gasteiger partial charge on any atom is -0.348 e. The van der Waals surface area contributed by atoms with E-state index < -0.39 is 0 Å². The molecule has 0 saturated carbocycles. The number of aromatic nitrogens is 2. The monoisotopic (exact) mass is 363 g/mol. The van der Waals surface area contributed by atoms with E-state index in [0.717, 1.165) is 5.56 Å². The molecule has 2 aromatic heterocycles. The normalized spacial score (nSPS) is 11.0. The van der Waals surface area contributed by atoms with Crippen molar-refractivity contribution in [3.8, 4) is 0 Å². The number of pyridine rings is 1. The van der Waals surface area contributed by atoms with E-state index in [1.54, 1.807) is 42.5 Å². The van der Waals surface area contributed by atoms with Crippen LogP contribution in [-0.4, -0.2) is 15.3 Å². The lowest BCUT2D eigenvalue weighted by Crippen LogP contribution is -2.24. The molecule has 128 valence electrons. The van der Waals surface area contributed by atoms with Gasteiger partial charge in [-0.15, -0.1) is 0 Å². The molecule has 0 fully saturated rings. The van der Waals surface area contributed by atoms with Crippen molar-refractivity contribution in [3.05, 3.63) is 93.4 Å². The molecule has 4 aromatic rings. The van der Waals surface area contributed by atoms with Crippen LogP contribution >= 0.6 is 11.6 Å². The molecule has 0 radical (unpaired) electrons. The van der Waals surface area contributed by atoms with Crippen molar-refractivity contribution in [2.45, 2.75) is 6.54 Å². The second-order valence-corrected chi connectivity index (χ2v) is 6.33. The van der Waals surface area contributed by atoms with Crippen LogP contribution in [0.4, 0.5) is 0 Å². The lowest BCUT2D eigenvalue weighted by Gasteiger charge is -2.08. The van der Waals surface area contributed by atoms with E-state index in [1.165, 1.54) is 10.6 Å². The van der Waals surface area contributed by atoms with Gasteiger partial charge in [-0.1, -0.05) is 35.9 Å². The number of hydrogen-bond acceptors (Lipinski definition) is 3. The molecule has 0 atom stereocenters. The number of para-hydroxylation sites is 1. The predicted octanol–water partition coefficient (Wildman–Crippen LogP) is 3.43. The highest BCUT2D eigenvalue weighted by Gasteiger charge is 2.10. The number of amides is 1. The molecule has 2 heterocycles. The lowest BCUT2D eigenvalue weighted by atomic mass is 10.2. The molecule has 0 aliphatic rings. The molecule has 5 nitrogen and oxygen atoms in total. The number of carbonyl (C=O) groups excluding carboxylic acids is 1. The zero-order valence-corrected chi connectivity index (χ0v) is 14.4. The van der Waals surface area contributed by atoms with Gasteiger partial charge in [0, 0.05) is 17.8 Å². The number of nitrogens with one attached hydrogen (secondary N) is 1. The second-order valence-electron chi connectivity index (χ2n) is 5.89. The quantitative estimate of drug-likeness (QED) is 0.567. The van der Waals surface area contributed by atoms with Gasteiger partial charge in [-0.3, -0.25) is 14.0 Å². The maximum Gasteiger partial charge on any atom is 0.265 e. The number of hydrogen-bond donors (Lipinski definition) is 1. The summed E-state index contributed by atoms with van der Waals surface area (Å²) in [6.45, 7) is 0.350. The van der Waals surface area contributed by atoms with E-state index in [1.807, 2.05) is 18.2 Å². The van der Waals surface area contributed by atoms with E-state index in [0.29, 0.717) is 33.7 Å². The molecular weight excluding hydrogens is 350 g/mol. The highest BCUT2D eigenvalue weighted by atomic mass is 35.5. The number of halogens is 1. The maximum absolute atomic E-state index is 12.7. The van der Waals surface area contributed by atoms with Crippen molar-refractivity contribution in [2.24, 2.45) is 0 Å². The van der Waals surface area contributed by atoms with Crippen molar-refractivity contribution in [3.63, 3.8) is 0 Å². The molecule has 0 bridgehead atoms. The number of nitrogens with zero attached hydrogens (tertiary/aromatic N) is 2. The van der Waals surface area contributed by atoms with Gasteiger partial charge < -0.3 is 5.32 Å². The van der Waals surface area contributed by atoms with Crippen LogP contribution in [0.25, 0.3) is 16.6 Å². The second kappa shape index (κ2) is 6.61. The zero-order valence-electron chi connectivity index (χ0n) is 13.6. The fraction of sp³-hybridized carbons (Fsp3) is 0.0500. The zero-order chi connectivity index (χ0) is 18.1. The molecule has 2 aromatic carbocycles. The first-order chi connectivity index (χ1) is 12.6. The topological polar surface area (TPSA) is 63.5 Å². The van der Waals surface area contributed by atoms with Gasteiger partial charge in [-0.25, -0.2) is 4.98 Å².